The van der Waals surface area contributed by atoms with Gasteiger partial charge in [-0.15, -0.1) is 0 Å². The number of nitrogens with one attached hydrogen (secondary N) is 1. The molecule has 2 saturated carbocycles. The van der Waals surface area contributed by atoms with Crippen LogP contribution in [0.4, 0.5) is 30.6 Å². The highest BCUT2D eigenvalue weighted by Crippen LogP contribution is 2.28. The van der Waals surface area contributed by atoms with Crippen LogP contribution in [0.15, 0.2) is 40.4 Å². The van der Waals surface area contributed by atoms with E-state index in [1.165, 1.54) is 18.3 Å². The molecule has 11 heteroatoms. The van der Waals surface area contributed by atoms with Crippen LogP contribution >= 0.6 is 0 Å². The number of nitrogens with zero attached hydrogens (tertiary/aromatic N) is 4. The summed E-state index contributed by atoms with van der Waals surface area (Å²) in [5.41, 5.74) is 0.698. The third kappa shape index (κ3) is 8.16. The number of anilines is 2. The molecular weight excluding hydrogens is 487 g/mol. The van der Waals surface area contributed by atoms with Crippen molar-refractivity contribution in [2.45, 2.75) is 70.2 Å². The number of amides is 1. The number of rotatable bonds is 8. The number of aliphatic imine (C=N–C) groups is 2. The van der Waals surface area contributed by atoms with E-state index in [2.05, 4.69) is 30.0 Å². The average molecular weight is 518 g/mol. The van der Waals surface area contributed by atoms with Gasteiger partial charge in [0.25, 0.3) is 5.91 Å². The monoisotopic (exact) mass is 517 g/mol. The zero-order valence-corrected chi connectivity index (χ0v) is 20.3. The number of halogens is 3. The maximum atomic E-state index is 13.2. The Morgan fingerprint density at radius 1 is 1.03 bits per heavy atom. The summed E-state index contributed by atoms with van der Waals surface area (Å²) in [6.45, 7) is -2.78. The number of aromatic nitrogens is 2. The van der Waals surface area contributed by atoms with Crippen LogP contribution in [0.5, 0.6) is 0 Å². The lowest BCUT2D eigenvalue weighted by Gasteiger charge is -2.25. The van der Waals surface area contributed by atoms with Gasteiger partial charge in [-0.3, -0.25) is 4.79 Å². The van der Waals surface area contributed by atoms with Gasteiger partial charge < -0.3 is 15.2 Å². The third-order valence-electron chi connectivity index (χ3n) is 6.67. The number of benzene rings is 1. The van der Waals surface area contributed by atoms with E-state index in [-0.39, 0.29) is 41.1 Å². The number of aliphatic hydroxyl groups is 1. The zero-order valence-electron chi connectivity index (χ0n) is 20.3. The van der Waals surface area contributed by atoms with Gasteiger partial charge in [-0.2, -0.15) is 13.8 Å². The van der Waals surface area contributed by atoms with Crippen LogP contribution in [0.2, 0.25) is 0 Å². The van der Waals surface area contributed by atoms with E-state index in [9.17, 15) is 23.1 Å². The number of hydrogen-bond acceptors (Lipinski definition) is 7. The van der Waals surface area contributed by atoms with Crippen LogP contribution in [0, 0.1) is 17.7 Å². The van der Waals surface area contributed by atoms with Gasteiger partial charge in [0.1, 0.15) is 11.4 Å². The van der Waals surface area contributed by atoms with Crippen LogP contribution < -0.4 is 5.32 Å². The second kappa shape index (κ2) is 12.9. The topological polar surface area (TPSA) is 109 Å². The molecule has 1 amide bonds. The van der Waals surface area contributed by atoms with Crippen molar-refractivity contribution in [1.82, 2.24) is 9.97 Å². The van der Waals surface area contributed by atoms with E-state index >= 15 is 0 Å². The summed E-state index contributed by atoms with van der Waals surface area (Å²) in [6, 6.07) is 5.69. The molecule has 37 heavy (non-hydrogen) atoms. The molecule has 0 radical (unpaired) electrons. The first kappa shape index (κ1) is 26.9. The van der Waals surface area contributed by atoms with E-state index in [1.54, 1.807) is 24.6 Å². The molecule has 2 aromatic rings. The molecule has 0 aliphatic heterocycles. The molecule has 1 aromatic carbocycles. The minimum absolute atomic E-state index is 0.0116. The standard InChI is InChI=1S/C26H30F3N5O3/c27-18-5-7-19(8-6-18)33-26-32-15-22(23(34-26)30-13-16-1-9-20(35)10-2-16)24(36)31-14-17-3-11-21(12-4-17)37-25(28)29/h5-8,13-17,20-21,25,35H,1-4,9-12H2,(H,32,33,34)/b30-13-,31-14-. The molecule has 0 unspecified atom stereocenters. The first-order valence-electron chi connectivity index (χ1n) is 12.5. The van der Waals surface area contributed by atoms with Gasteiger partial charge >= 0.3 is 6.61 Å². The van der Waals surface area contributed by atoms with Crippen molar-refractivity contribution in [2.24, 2.45) is 21.8 Å². The van der Waals surface area contributed by atoms with Crippen LogP contribution in [0.1, 0.15) is 61.7 Å². The normalized spacial score (nSPS) is 24.7. The summed E-state index contributed by atoms with van der Waals surface area (Å²) >= 11 is 0. The summed E-state index contributed by atoms with van der Waals surface area (Å²) in [6.07, 6.45) is 9.01. The summed E-state index contributed by atoms with van der Waals surface area (Å²) < 4.78 is 42.6. The van der Waals surface area contributed by atoms with Crippen molar-refractivity contribution in [3.8, 4) is 0 Å². The average Bonchev–Trinajstić information content (AvgIpc) is 2.89. The second-order valence-electron chi connectivity index (χ2n) is 9.43. The van der Waals surface area contributed by atoms with Crippen LogP contribution in [-0.4, -0.2) is 52.2 Å². The van der Waals surface area contributed by atoms with Gasteiger partial charge in [0.2, 0.25) is 5.95 Å². The second-order valence-corrected chi connectivity index (χ2v) is 9.43. The highest BCUT2D eigenvalue weighted by molar-refractivity contribution is 6.02. The molecule has 2 aliphatic carbocycles. The SMILES string of the molecule is O=C(/N=C\C1CCC(OC(F)F)CC1)c1cnc(Nc2ccc(F)cc2)nc1/N=C\C1CCC(O)CC1. The minimum atomic E-state index is -2.78. The van der Waals surface area contributed by atoms with Crippen LogP contribution in [-0.2, 0) is 4.74 Å². The summed E-state index contributed by atoms with van der Waals surface area (Å²) in [5.74, 6) is -0.433. The van der Waals surface area contributed by atoms with E-state index in [1.807, 2.05) is 0 Å². The quantitative estimate of drug-likeness (QED) is 0.440. The zero-order chi connectivity index (χ0) is 26.2. The molecule has 1 heterocycles. The Hall–Kier alpha value is -3.18. The first-order valence-corrected chi connectivity index (χ1v) is 12.5. The fourth-order valence-corrected chi connectivity index (χ4v) is 4.53. The van der Waals surface area contributed by atoms with Crippen molar-refractivity contribution < 1.29 is 27.8 Å². The largest absolute Gasteiger partial charge is 0.393 e. The van der Waals surface area contributed by atoms with E-state index < -0.39 is 18.6 Å². The van der Waals surface area contributed by atoms with Gasteiger partial charge in [0, 0.05) is 24.3 Å². The van der Waals surface area contributed by atoms with Gasteiger partial charge in [0.05, 0.1) is 12.2 Å². The van der Waals surface area contributed by atoms with Crippen molar-refractivity contribution in [3.05, 3.63) is 41.8 Å². The van der Waals surface area contributed by atoms with E-state index in [0.717, 1.165) is 12.8 Å². The maximum Gasteiger partial charge on any atom is 0.345 e. The van der Waals surface area contributed by atoms with Crippen molar-refractivity contribution in [2.75, 3.05) is 5.32 Å². The smallest absolute Gasteiger partial charge is 0.345 e. The highest BCUT2D eigenvalue weighted by Gasteiger charge is 2.24. The van der Waals surface area contributed by atoms with E-state index in [4.69, 9.17) is 0 Å². The Morgan fingerprint density at radius 3 is 2.35 bits per heavy atom. The number of aliphatic hydroxyl groups excluding tert-OH is 1. The number of carbonyl (C=O) groups excluding carboxylic acids is 1. The Balaban J connectivity index is 1.48. The fourth-order valence-electron chi connectivity index (χ4n) is 4.53. The number of carbonyl (C=O) groups is 1. The predicted molar refractivity (Wildman–Crippen MR) is 133 cm³/mol. The van der Waals surface area contributed by atoms with Gasteiger partial charge in [-0.05, 0) is 87.5 Å². The lowest BCUT2D eigenvalue weighted by molar-refractivity contribution is -0.170. The lowest BCUT2D eigenvalue weighted by Crippen LogP contribution is -2.24. The molecule has 8 nitrogen and oxygen atoms in total. The van der Waals surface area contributed by atoms with Crippen molar-refractivity contribution >= 4 is 35.8 Å². The molecule has 0 atom stereocenters. The molecule has 0 bridgehead atoms. The molecule has 2 N–H and O–H groups in total. The third-order valence-corrected chi connectivity index (χ3v) is 6.67. The summed E-state index contributed by atoms with van der Waals surface area (Å²) in [4.78, 5) is 30.1. The maximum absolute atomic E-state index is 13.2. The Bertz CT molecular complexity index is 1100. The van der Waals surface area contributed by atoms with Gasteiger partial charge in [-0.1, -0.05) is 0 Å². The number of hydrogen-bond donors (Lipinski definition) is 2. The van der Waals surface area contributed by atoms with Crippen molar-refractivity contribution in [1.29, 1.82) is 0 Å². The lowest BCUT2D eigenvalue weighted by atomic mass is 9.88. The van der Waals surface area contributed by atoms with Crippen molar-refractivity contribution in [3.63, 3.8) is 0 Å². The van der Waals surface area contributed by atoms with Gasteiger partial charge in [0.15, 0.2) is 5.82 Å². The Labute approximate surface area is 213 Å². The molecular formula is C26H30F3N5O3. The molecule has 2 fully saturated rings. The predicted octanol–water partition coefficient (Wildman–Crippen LogP) is 5.62. The summed E-state index contributed by atoms with van der Waals surface area (Å²) in [7, 11) is 0. The Morgan fingerprint density at radius 2 is 1.68 bits per heavy atom. The molecule has 1 aromatic heterocycles. The fraction of sp³-hybridized carbons (Fsp3) is 0.500. The number of alkyl halides is 2. The molecule has 2 aliphatic rings. The molecule has 4 rings (SSSR count). The Kier molecular flexibility index (Phi) is 9.34. The van der Waals surface area contributed by atoms with Crippen LogP contribution in [0.3, 0.4) is 0 Å². The molecule has 0 spiro atoms. The highest BCUT2D eigenvalue weighted by atomic mass is 19.3. The first-order chi connectivity index (χ1) is 17.9. The van der Waals surface area contributed by atoms with Crippen LogP contribution in [0.25, 0.3) is 0 Å². The molecule has 198 valence electrons. The minimum Gasteiger partial charge on any atom is -0.393 e. The molecule has 0 saturated heterocycles. The van der Waals surface area contributed by atoms with Gasteiger partial charge in [-0.25, -0.2) is 19.4 Å². The van der Waals surface area contributed by atoms with E-state index in [0.29, 0.717) is 44.2 Å². The summed E-state index contributed by atoms with van der Waals surface area (Å²) in [5, 5.41) is 12.7. The number of ether oxygens (including phenoxy) is 1.